The number of carbonyl (C=O) groups excluding carboxylic acids is 1. The molecular formula is C18H22N2O2S. The maximum Gasteiger partial charge on any atom is 0.227 e. The van der Waals surface area contributed by atoms with Crippen LogP contribution in [0.3, 0.4) is 0 Å². The molecule has 0 unspecified atom stereocenters. The Morgan fingerprint density at radius 2 is 1.83 bits per heavy atom. The van der Waals surface area contributed by atoms with Crippen molar-refractivity contribution in [3.63, 3.8) is 0 Å². The molecule has 3 rings (SSSR count). The van der Waals surface area contributed by atoms with Crippen LogP contribution in [0, 0.1) is 0 Å². The number of nitrogens with zero attached hydrogens (tertiary/aromatic N) is 2. The zero-order valence-electron chi connectivity index (χ0n) is 13.1. The first-order valence-electron chi connectivity index (χ1n) is 7.98. The molecule has 1 aromatic carbocycles. The van der Waals surface area contributed by atoms with Crippen molar-refractivity contribution in [2.75, 3.05) is 32.7 Å². The fraction of sp³-hybridized carbons (Fsp3) is 0.389. The van der Waals surface area contributed by atoms with Gasteiger partial charge in [0.15, 0.2) is 0 Å². The molecule has 2 heterocycles. The Labute approximate surface area is 141 Å². The predicted molar refractivity (Wildman–Crippen MR) is 92.4 cm³/mol. The summed E-state index contributed by atoms with van der Waals surface area (Å²) in [5.74, 6) is 0.189. The zero-order valence-corrected chi connectivity index (χ0v) is 13.9. The molecule has 122 valence electrons. The number of β-amino-alcohol motifs (C(OH)–C–C–N with tert-alkyl or cyclic N) is 1. The van der Waals surface area contributed by atoms with E-state index in [2.05, 4.69) is 4.90 Å². The molecule has 1 aromatic heterocycles. The van der Waals surface area contributed by atoms with E-state index in [1.54, 1.807) is 11.3 Å². The quantitative estimate of drug-likeness (QED) is 0.914. The van der Waals surface area contributed by atoms with Crippen molar-refractivity contribution >= 4 is 17.2 Å². The maximum atomic E-state index is 12.3. The molecule has 0 saturated carbocycles. The summed E-state index contributed by atoms with van der Waals surface area (Å²) in [4.78, 5) is 17.5. The molecule has 0 radical (unpaired) electrons. The molecule has 0 bridgehead atoms. The van der Waals surface area contributed by atoms with Gasteiger partial charge in [-0.3, -0.25) is 9.69 Å². The number of hydrogen-bond acceptors (Lipinski definition) is 4. The van der Waals surface area contributed by atoms with Crippen molar-refractivity contribution in [3.8, 4) is 0 Å². The van der Waals surface area contributed by atoms with Crippen LogP contribution >= 0.6 is 11.3 Å². The Balaban J connectivity index is 1.45. The van der Waals surface area contributed by atoms with Crippen LogP contribution in [0.15, 0.2) is 47.8 Å². The Kier molecular flexibility index (Phi) is 5.43. The highest BCUT2D eigenvalue weighted by Gasteiger charge is 2.23. The van der Waals surface area contributed by atoms with Gasteiger partial charge >= 0.3 is 0 Å². The maximum absolute atomic E-state index is 12.3. The molecule has 1 saturated heterocycles. The second kappa shape index (κ2) is 7.73. The second-order valence-corrected chi connectivity index (χ2v) is 6.85. The minimum atomic E-state index is -0.429. The van der Waals surface area contributed by atoms with E-state index in [1.165, 1.54) is 0 Å². The first-order valence-corrected chi connectivity index (χ1v) is 8.86. The molecule has 23 heavy (non-hydrogen) atoms. The number of hydrogen-bond donors (Lipinski definition) is 1. The molecule has 1 amide bonds. The van der Waals surface area contributed by atoms with Crippen LogP contribution in [0.5, 0.6) is 0 Å². The largest absolute Gasteiger partial charge is 0.386 e. The van der Waals surface area contributed by atoms with Crippen molar-refractivity contribution in [2.24, 2.45) is 0 Å². The second-order valence-electron chi connectivity index (χ2n) is 5.87. The monoisotopic (exact) mass is 330 g/mol. The smallest absolute Gasteiger partial charge is 0.227 e. The van der Waals surface area contributed by atoms with Crippen molar-refractivity contribution in [1.82, 2.24) is 9.80 Å². The fourth-order valence-electron chi connectivity index (χ4n) is 2.88. The number of rotatable bonds is 5. The lowest BCUT2D eigenvalue weighted by Crippen LogP contribution is -2.49. The van der Waals surface area contributed by atoms with Crippen molar-refractivity contribution in [3.05, 3.63) is 58.3 Å². The minimum absolute atomic E-state index is 0.189. The summed E-state index contributed by atoms with van der Waals surface area (Å²) in [6.45, 7) is 3.76. The van der Waals surface area contributed by atoms with Crippen LogP contribution in [0.4, 0.5) is 0 Å². The van der Waals surface area contributed by atoms with Crippen molar-refractivity contribution in [2.45, 2.75) is 12.5 Å². The lowest BCUT2D eigenvalue weighted by Gasteiger charge is -2.35. The van der Waals surface area contributed by atoms with E-state index in [0.29, 0.717) is 13.0 Å². The number of aliphatic hydroxyl groups excluding tert-OH is 1. The molecule has 5 heteroatoms. The number of amides is 1. The highest BCUT2D eigenvalue weighted by Crippen LogP contribution is 2.20. The van der Waals surface area contributed by atoms with Gasteiger partial charge in [0.05, 0.1) is 6.42 Å². The number of thiophene rings is 1. The Hall–Kier alpha value is -1.69. The Bertz CT molecular complexity index is 607. The van der Waals surface area contributed by atoms with Crippen LogP contribution < -0.4 is 0 Å². The Morgan fingerprint density at radius 1 is 1.09 bits per heavy atom. The summed E-state index contributed by atoms with van der Waals surface area (Å²) < 4.78 is 0. The summed E-state index contributed by atoms with van der Waals surface area (Å²) in [7, 11) is 0. The summed E-state index contributed by atoms with van der Waals surface area (Å²) in [5, 5.41) is 12.2. The SMILES string of the molecule is O=C(Cc1ccccc1)N1CCN(C[C@H](O)c2cccs2)CC1. The van der Waals surface area contributed by atoms with Gasteiger partial charge in [0.2, 0.25) is 5.91 Å². The van der Waals surface area contributed by atoms with E-state index in [1.807, 2.05) is 52.7 Å². The van der Waals surface area contributed by atoms with Gasteiger partial charge in [0.25, 0.3) is 0 Å². The zero-order chi connectivity index (χ0) is 16.1. The standard InChI is InChI=1S/C18H22N2O2S/c21-16(17-7-4-12-23-17)14-19-8-10-20(11-9-19)18(22)13-15-5-2-1-3-6-15/h1-7,12,16,21H,8-11,13-14H2/t16-/m0/s1. The molecule has 1 aliphatic heterocycles. The molecule has 1 N–H and O–H groups in total. The van der Waals surface area contributed by atoms with E-state index >= 15 is 0 Å². The third kappa shape index (κ3) is 4.41. The third-order valence-electron chi connectivity index (χ3n) is 4.23. The molecule has 1 atom stereocenters. The van der Waals surface area contributed by atoms with Crippen LogP contribution in [-0.4, -0.2) is 53.5 Å². The van der Waals surface area contributed by atoms with Gasteiger partial charge in [-0.1, -0.05) is 36.4 Å². The molecule has 0 aliphatic carbocycles. The number of aliphatic hydroxyl groups is 1. The van der Waals surface area contributed by atoms with E-state index < -0.39 is 6.10 Å². The highest BCUT2D eigenvalue weighted by molar-refractivity contribution is 7.10. The molecule has 2 aromatic rings. The number of carbonyl (C=O) groups is 1. The Morgan fingerprint density at radius 3 is 2.48 bits per heavy atom. The van der Waals surface area contributed by atoms with Crippen molar-refractivity contribution in [1.29, 1.82) is 0 Å². The fourth-order valence-corrected chi connectivity index (χ4v) is 3.58. The normalized spacial score (nSPS) is 17.2. The van der Waals surface area contributed by atoms with Gasteiger partial charge in [-0.2, -0.15) is 0 Å². The van der Waals surface area contributed by atoms with Crippen LogP contribution in [0.2, 0.25) is 0 Å². The van der Waals surface area contributed by atoms with Gasteiger partial charge in [0.1, 0.15) is 6.10 Å². The first kappa shape index (κ1) is 16.2. The van der Waals surface area contributed by atoms with Crippen molar-refractivity contribution < 1.29 is 9.90 Å². The average Bonchev–Trinajstić information content (AvgIpc) is 3.11. The molecule has 1 fully saturated rings. The predicted octanol–water partition coefficient (Wildman–Crippen LogP) is 2.17. The highest BCUT2D eigenvalue weighted by atomic mass is 32.1. The molecule has 1 aliphatic rings. The summed E-state index contributed by atoms with van der Waals surface area (Å²) in [6.07, 6.45) is 0.0418. The van der Waals surface area contributed by atoms with Gasteiger partial charge in [-0.25, -0.2) is 0 Å². The van der Waals surface area contributed by atoms with E-state index in [0.717, 1.165) is 36.6 Å². The van der Waals surface area contributed by atoms with Crippen LogP contribution in [0.25, 0.3) is 0 Å². The summed E-state index contributed by atoms with van der Waals surface area (Å²) in [5.41, 5.74) is 1.06. The molecular weight excluding hydrogens is 308 g/mol. The van der Waals surface area contributed by atoms with E-state index in [9.17, 15) is 9.90 Å². The van der Waals surface area contributed by atoms with Crippen LogP contribution in [-0.2, 0) is 11.2 Å². The number of piperazine rings is 1. The van der Waals surface area contributed by atoms with Gasteiger partial charge < -0.3 is 10.0 Å². The molecule has 4 nitrogen and oxygen atoms in total. The third-order valence-corrected chi connectivity index (χ3v) is 5.20. The average molecular weight is 330 g/mol. The van der Waals surface area contributed by atoms with Gasteiger partial charge in [-0.15, -0.1) is 11.3 Å². The first-order chi connectivity index (χ1) is 11.2. The van der Waals surface area contributed by atoms with E-state index in [-0.39, 0.29) is 5.91 Å². The number of benzene rings is 1. The lowest BCUT2D eigenvalue weighted by molar-refractivity contribution is -0.132. The van der Waals surface area contributed by atoms with Gasteiger partial charge in [0, 0.05) is 37.6 Å². The summed E-state index contributed by atoms with van der Waals surface area (Å²) >= 11 is 1.59. The van der Waals surface area contributed by atoms with E-state index in [4.69, 9.17) is 0 Å². The summed E-state index contributed by atoms with van der Waals surface area (Å²) in [6, 6.07) is 13.8. The van der Waals surface area contributed by atoms with Crippen LogP contribution in [0.1, 0.15) is 16.5 Å². The topological polar surface area (TPSA) is 43.8 Å². The lowest BCUT2D eigenvalue weighted by atomic mass is 10.1. The molecule has 0 spiro atoms. The minimum Gasteiger partial charge on any atom is -0.386 e. The van der Waals surface area contributed by atoms with Gasteiger partial charge in [-0.05, 0) is 17.0 Å².